The van der Waals surface area contributed by atoms with Crippen LogP contribution in [-0.2, 0) is 33.2 Å². The highest BCUT2D eigenvalue weighted by Crippen LogP contribution is 2.44. The molecule has 2 fully saturated rings. The quantitative estimate of drug-likeness (QED) is 0.378. The Balaban J connectivity index is 1.76. The lowest BCUT2D eigenvalue weighted by Crippen LogP contribution is -2.44. The number of carbonyl (C=O) groups excluding carboxylic acids is 3. The van der Waals surface area contributed by atoms with Gasteiger partial charge in [-0.2, -0.15) is 4.90 Å². The molecule has 0 N–H and O–H groups in total. The van der Waals surface area contributed by atoms with E-state index in [0.717, 1.165) is 0 Å². The number of amides is 2. The van der Waals surface area contributed by atoms with E-state index in [4.69, 9.17) is 28.4 Å². The third kappa shape index (κ3) is 6.76. The summed E-state index contributed by atoms with van der Waals surface area (Å²) in [4.78, 5) is 53.2. The number of imide groups is 1. The van der Waals surface area contributed by atoms with Gasteiger partial charge in [0.1, 0.15) is 35.3 Å². The molecule has 14 heteroatoms. The molecule has 0 spiro atoms. The summed E-state index contributed by atoms with van der Waals surface area (Å²) in [5.41, 5.74) is -2.30. The van der Waals surface area contributed by atoms with E-state index in [1.165, 1.54) is 17.2 Å². The van der Waals surface area contributed by atoms with Crippen molar-refractivity contribution < 1.29 is 42.8 Å². The lowest BCUT2D eigenvalue weighted by atomic mass is 10.1. The molecular weight excluding hydrogens is 538 g/mol. The van der Waals surface area contributed by atoms with Crippen molar-refractivity contribution in [1.29, 1.82) is 0 Å². The van der Waals surface area contributed by atoms with Gasteiger partial charge in [0.15, 0.2) is 35.1 Å². The first kappa shape index (κ1) is 30.6. The highest BCUT2D eigenvalue weighted by molar-refractivity contribution is 6.12. The summed E-state index contributed by atoms with van der Waals surface area (Å²) < 4.78 is 36.4. The molecule has 226 valence electrons. The fourth-order valence-electron chi connectivity index (χ4n) is 4.40. The predicted molar refractivity (Wildman–Crippen MR) is 144 cm³/mol. The normalized spacial score (nSPS) is 24.2. The van der Waals surface area contributed by atoms with Crippen LogP contribution in [0, 0.1) is 0 Å². The highest BCUT2D eigenvalue weighted by Gasteiger charge is 2.59. The minimum atomic E-state index is -1.09. The molecule has 2 aliphatic heterocycles. The van der Waals surface area contributed by atoms with Gasteiger partial charge in [-0.3, -0.25) is 4.57 Å². The van der Waals surface area contributed by atoms with Gasteiger partial charge in [-0.25, -0.2) is 29.3 Å². The van der Waals surface area contributed by atoms with Gasteiger partial charge in [0.2, 0.25) is 0 Å². The summed E-state index contributed by atoms with van der Waals surface area (Å²) in [6.45, 7) is 18.8. The van der Waals surface area contributed by atoms with E-state index in [2.05, 4.69) is 15.0 Å². The van der Waals surface area contributed by atoms with E-state index in [-0.39, 0.29) is 17.0 Å². The second kappa shape index (κ2) is 10.2. The summed E-state index contributed by atoms with van der Waals surface area (Å²) in [6.07, 6.45) is -2.94. The maximum atomic E-state index is 13.2. The number of imidazole rings is 1. The number of rotatable bonds is 3. The van der Waals surface area contributed by atoms with Crippen LogP contribution < -0.4 is 4.90 Å². The van der Waals surface area contributed by atoms with Crippen LogP contribution in [0.15, 0.2) is 12.7 Å². The molecule has 2 aromatic rings. The van der Waals surface area contributed by atoms with Crippen molar-refractivity contribution in [3.63, 3.8) is 0 Å². The van der Waals surface area contributed by atoms with Gasteiger partial charge in [-0.1, -0.05) is 0 Å². The van der Waals surface area contributed by atoms with Crippen molar-refractivity contribution in [3.8, 4) is 0 Å². The van der Waals surface area contributed by atoms with E-state index < -0.39 is 65.3 Å². The number of fused-ring (bicyclic) bond motifs is 2. The number of anilines is 1. The van der Waals surface area contributed by atoms with Crippen molar-refractivity contribution in [1.82, 2.24) is 19.5 Å². The second-order valence-corrected chi connectivity index (χ2v) is 13.4. The molecule has 0 bridgehead atoms. The van der Waals surface area contributed by atoms with Gasteiger partial charge < -0.3 is 28.4 Å². The number of nitrogens with zero attached hydrogens (tertiary/aromatic N) is 5. The van der Waals surface area contributed by atoms with Crippen molar-refractivity contribution in [2.45, 2.75) is 123 Å². The van der Waals surface area contributed by atoms with Crippen LogP contribution in [0.5, 0.6) is 0 Å². The van der Waals surface area contributed by atoms with E-state index in [1.54, 1.807) is 76.2 Å². The number of ether oxygens (including phenoxy) is 6. The molecule has 2 saturated heterocycles. The third-order valence-corrected chi connectivity index (χ3v) is 5.65. The molecule has 4 atom stereocenters. The molecular formula is C27H39N5O9. The molecule has 0 unspecified atom stereocenters. The largest absolute Gasteiger partial charge is 0.458 e. The smallest absolute Gasteiger partial charge is 0.425 e. The molecule has 0 aromatic carbocycles. The molecule has 41 heavy (non-hydrogen) atoms. The Morgan fingerprint density at radius 2 is 1.37 bits per heavy atom. The van der Waals surface area contributed by atoms with Crippen LogP contribution in [0.2, 0.25) is 0 Å². The van der Waals surface area contributed by atoms with Crippen LogP contribution >= 0.6 is 0 Å². The average molecular weight is 578 g/mol. The first-order valence-electron chi connectivity index (χ1n) is 13.3. The first-order valence-corrected chi connectivity index (χ1v) is 13.3. The highest BCUT2D eigenvalue weighted by atomic mass is 16.8. The molecule has 14 nitrogen and oxygen atoms in total. The van der Waals surface area contributed by atoms with Gasteiger partial charge in [-0.15, -0.1) is 0 Å². The Bertz CT molecular complexity index is 1310. The number of hydrogen-bond donors (Lipinski definition) is 0. The molecule has 0 aliphatic carbocycles. The lowest BCUT2D eigenvalue weighted by Gasteiger charge is -2.28. The third-order valence-electron chi connectivity index (χ3n) is 5.65. The Hall–Kier alpha value is -3.36. The molecule has 2 amide bonds. The summed E-state index contributed by atoms with van der Waals surface area (Å²) in [5.74, 6) is -1.75. The van der Waals surface area contributed by atoms with Crippen molar-refractivity contribution in [2.24, 2.45) is 0 Å². The predicted octanol–water partition coefficient (Wildman–Crippen LogP) is 4.26. The zero-order valence-corrected chi connectivity index (χ0v) is 25.4. The van der Waals surface area contributed by atoms with Gasteiger partial charge in [0, 0.05) is 0 Å². The van der Waals surface area contributed by atoms with Crippen LogP contribution in [0.4, 0.5) is 15.4 Å². The molecule has 0 radical (unpaired) electrons. The molecule has 2 aromatic heterocycles. The standard InChI is InChI=1S/C27H39N5O9/c1-24(2,3)39-21(33)17-15-16(38-27(10,11)37-15)20(36-17)31-13-30-14-18(31)28-12-29-19(14)32(22(34)40-25(4,5)6)23(35)41-26(7,8)9/h12-13,15-17,20H,1-11H3/t15-,16+,17-,20+/m0/s1. The van der Waals surface area contributed by atoms with Crippen molar-refractivity contribution >= 4 is 35.1 Å². The minimum Gasteiger partial charge on any atom is -0.458 e. The minimum absolute atomic E-state index is 0.0864. The Kier molecular flexibility index (Phi) is 7.59. The Morgan fingerprint density at radius 1 is 0.829 bits per heavy atom. The zero-order chi connectivity index (χ0) is 30.7. The number of carbonyl (C=O) groups is 3. The maximum Gasteiger partial charge on any atom is 0.425 e. The van der Waals surface area contributed by atoms with Gasteiger partial charge in [0.25, 0.3) is 0 Å². The number of hydrogen-bond acceptors (Lipinski definition) is 12. The fraction of sp³-hybridized carbons (Fsp3) is 0.704. The monoisotopic (exact) mass is 577 g/mol. The molecule has 4 heterocycles. The number of aromatic nitrogens is 4. The van der Waals surface area contributed by atoms with Crippen molar-refractivity contribution in [2.75, 3.05) is 4.90 Å². The SMILES string of the molecule is CC(C)(C)OC(=O)[C@H]1O[C@@H](n2cnc3c(N(C(=O)OC(C)(C)C)C(=O)OC(C)(C)C)ncnc32)[C@@H]2OC(C)(C)O[C@@H]21. The average Bonchev–Trinajstić information content (AvgIpc) is 3.40. The van der Waals surface area contributed by atoms with Crippen LogP contribution in [-0.4, -0.2) is 78.6 Å². The van der Waals surface area contributed by atoms with E-state index >= 15 is 0 Å². The van der Waals surface area contributed by atoms with Gasteiger partial charge in [0.05, 0.1) is 6.33 Å². The van der Waals surface area contributed by atoms with E-state index in [1.807, 2.05) is 0 Å². The lowest BCUT2D eigenvalue weighted by molar-refractivity contribution is -0.208. The maximum absolute atomic E-state index is 13.2. The summed E-state index contributed by atoms with van der Waals surface area (Å²) in [6, 6.07) is 0. The van der Waals surface area contributed by atoms with Crippen LogP contribution in [0.25, 0.3) is 11.2 Å². The molecule has 4 rings (SSSR count). The van der Waals surface area contributed by atoms with Crippen molar-refractivity contribution in [3.05, 3.63) is 12.7 Å². The van der Waals surface area contributed by atoms with Crippen LogP contribution in [0.3, 0.4) is 0 Å². The van der Waals surface area contributed by atoms with E-state index in [9.17, 15) is 14.4 Å². The number of esters is 1. The zero-order valence-electron chi connectivity index (χ0n) is 25.4. The summed E-state index contributed by atoms with van der Waals surface area (Å²) >= 11 is 0. The Morgan fingerprint density at radius 3 is 1.90 bits per heavy atom. The summed E-state index contributed by atoms with van der Waals surface area (Å²) in [5, 5.41) is 0. The Labute approximate surface area is 238 Å². The van der Waals surface area contributed by atoms with Gasteiger partial charge >= 0.3 is 18.2 Å². The summed E-state index contributed by atoms with van der Waals surface area (Å²) in [7, 11) is 0. The molecule has 2 aliphatic rings. The van der Waals surface area contributed by atoms with E-state index in [0.29, 0.717) is 4.90 Å². The molecule has 0 saturated carbocycles. The second-order valence-electron chi connectivity index (χ2n) is 13.4. The first-order chi connectivity index (χ1) is 18.7. The topological polar surface area (TPSA) is 153 Å². The fourth-order valence-corrected chi connectivity index (χ4v) is 4.40. The van der Waals surface area contributed by atoms with Crippen LogP contribution in [0.1, 0.15) is 82.4 Å². The van der Waals surface area contributed by atoms with Gasteiger partial charge in [-0.05, 0) is 76.2 Å².